The van der Waals surface area contributed by atoms with Crippen molar-refractivity contribution in [3.8, 4) is 11.5 Å². The molecular formula is C15H16N2O4. The minimum absolute atomic E-state index is 0.255. The fourth-order valence-corrected chi connectivity index (χ4v) is 1.78. The predicted octanol–water partition coefficient (Wildman–Crippen LogP) is 2.03. The van der Waals surface area contributed by atoms with E-state index in [4.69, 9.17) is 9.47 Å². The normalized spacial score (nSPS) is 10.0. The third-order valence-corrected chi connectivity index (χ3v) is 2.77. The maximum atomic E-state index is 12.0. The lowest BCUT2D eigenvalue weighted by Crippen LogP contribution is -2.14. The average Bonchev–Trinajstić information content (AvgIpc) is 2.49. The molecule has 6 heteroatoms. The lowest BCUT2D eigenvalue weighted by Gasteiger charge is -2.11. The maximum absolute atomic E-state index is 12.0. The van der Waals surface area contributed by atoms with Crippen molar-refractivity contribution in [1.82, 2.24) is 4.98 Å². The number of carbonyl (C=O) groups is 1. The highest BCUT2D eigenvalue weighted by atomic mass is 16.5. The van der Waals surface area contributed by atoms with Gasteiger partial charge in [-0.2, -0.15) is 0 Å². The molecule has 0 saturated carbocycles. The monoisotopic (exact) mass is 288 g/mol. The van der Waals surface area contributed by atoms with E-state index in [0.29, 0.717) is 29.4 Å². The summed E-state index contributed by atoms with van der Waals surface area (Å²) in [6.07, 6.45) is 1.36. The zero-order valence-electron chi connectivity index (χ0n) is 11.8. The fraction of sp³-hybridized carbons (Fsp3) is 0.200. The summed E-state index contributed by atoms with van der Waals surface area (Å²) in [6, 6.07) is 7.88. The second-order valence-corrected chi connectivity index (χ2v) is 4.19. The molecule has 0 atom stereocenters. The molecule has 1 aromatic carbocycles. The van der Waals surface area contributed by atoms with Gasteiger partial charge >= 0.3 is 0 Å². The fourth-order valence-electron chi connectivity index (χ4n) is 1.78. The smallest absolute Gasteiger partial charge is 0.257 e. The van der Waals surface area contributed by atoms with Crippen molar-refractivity contribution < 1.29 is 14.3 Å². The van der Waals surface area contributed by atoms with E-state index in [0.717, 1.165) is 0 Å². The Kier molecular flexibility index (Phi) is 4.61. The molecule has 2 N–H and O–H groups in total. The molecule has 1 aromatic heterocycles. The Hall–Kier alpha value is -2.76. The first-order chi connectivity index (χ1) is 10.1. The number of aromatic amines is 1. The Morgan fingerprint density at radius 2 is 2.05 bits per heavy atom. The van der Waals surface area contributed by atoms with Crippen LogP contribution in [0.4, 0.5) is 5.69 Å². The number of benzene rings is 1. The molecule has 1 amide bonds. The van der Waals surface area contributed by atoms with Crippen molar-refractivity contribution in [3.05, 3.63) is 52.4 Å². The molecule has 6 nitrogen and oxygen atoms in total. The number of hydrogen-bond acceptors (Lipinski definition) is 4. The largest absolute Gasteiger partial charge is 0.493 e. The van der Waals surface area contributed by atoms with Crippen LogP contribution in [0.1, 0.15) is 17.3 Å². The van der Waals surface area contributed by atoms with Crippen LogP contribution in [0.3, 0.4) is 0 Å². The van der Waals surface area contributed by atoms with E-state index >= 15 is 0 Å². The van der Waals surface area contributed by atoms with Crippen molar-refractivity contribution in [2.45, 2.75) is 6.92 Å². The zero-order valence-corrected chi connectivity index (χ0v) is 11.8. The minimum atomic E-state index is -0.322. The number of ether oxygens (including phenoxy) is 2. The Labute approximate surface area is 121 Å². The third-order valence-electron chi connectivity index (χ3n) is 2.77. The van der Waals surface area contributed by atoms with Gasteiger partial charge in [0.1, 0.15) is 0 Å². The predicted molar refractivity (Wildman–Crippen MR) is 79.2 cm³/mol. The Morgan fingerprint density at radius 3 is 2.67 bits per heavy atom. The van der Waals surface area contributed by atoms with Crippen molar-refractivity contribution >= 4 is 11.6 Å². The van der Waals surface area contributed by atoms with Gasteiger partial charge < -0.3 is 19.8 Å². The van der Waals surface area contributed by atoms with Crippen LogP contribution in [0, 0.1) is 0 Å². The molecule has 110 valence electrons. The van der Waals surface area contributed by atoms with Crippen LogP contribution in [0.2, 0.25) is 0 Å². The van der Waals surface area contributed by atoms with Crippen LogP contribution in [0.25, 0.3) is 0 Å². The zero-order chi connectivity index (χ0) is 15.2. The second-order valence-electron chi connectivity index (χ2n) is 4.19. The molecule has 2 rings (SSSR count). The highest BCUT2D eigenvalue weighted by molar-refractivity contribution is 6.04. The van der Waals surface area contributed by atoms with Crippen LogP contribution in [0.5, 0.6) is 11.5 Å². The van der Waals surface area contributed by atoms with Crippen LogP contribution >= 0.6 is 0 Å². The molecule has 2 aromatic rings. The summed E-state index contributed by atoms with van der Waals surface area (Å²) in [7, 11) is 1.53. The summed E-state index contributed by atoms with van der Waals surface area (Å²) in [5.74, 6) is 0.829. The van der Waals surface area contributed by atoms with Crippen molar-refractivity contribution in [1.29, 1.82) is 0 Å². The number of aromatic nitrogens is 1. The van der Waals surface area contributed by atoms with Gasteiger partial charge in [0.15, 0.2) is 11.5 Å². The van der Waals surface area contributed by atoms with E-state index < -0.39 is 0 Å². The maximum Gasteiger partial charge on any atom is 0.257 e. The number of carbonyl (C=O) groups excluding carboxylic acids is 1. The number of H-pyrrole nitrogens is 1. The Balaban J connectivity index is 2.17. The average molecular weight is 288 g/mol. The van der Waals surface area contributed by atoms with Crippen molar-refractivity contribution in [2.75, 3.05) is 19.0 Å². The SMILES string of the molecule is CCOc1ccc(NC(=O)c2ccc(=O)[nH]c2)cc1OC. The summed E-state index contributed by atoms with van der Waals surface area (Å²) >= 11 is 0. The quantitative estimate of drug-likeness (QED) is 0.882. The van der Waals surface area contributed by atoms with E-state index in [1.54, 1.807) is 18.2 Å². The number of amides is 1. The minimum Gasteiger partial charge on any atom is -0.493 e. The first-order valence-electron chi connectivity index (χ1n) is 6.45. The second kappa shape index (κ2) is 6.60. The van der Waals surface area contributed by atoms with Gasteiger partial charge in [0.05, 0.1) is 19.3 Å². The van der Waals surface area contributed by atoms with Crippen molar-refractivity contribution in [3.63, 3.8) is 0 Å². The topological polar surface area (TPSA) is 80.4 Å². The van der Waals surface area contributed by atoms with Gasteiger partial charge in [-0.25, -0.2) is 0 Å². The molecule has 0 unspecified atom stereocenters. The molecule has 0 radical (unpaired) electrons. The number of nitrogens with one attached hydrogen (secondary N) is 2. The van der Waals surface area contributed by atoms with E-state index in [1.165, 1.54) is 25.4 Å². The molecular weight excluding hydrogens is 272 g/mol. The van der Waals surface area contributed by atoms with E-state index in [9.17, 15) is 9.59 Å². The summed E-state index contributed by atoms with van der Waals surface area (Å²) in [4.78, 5) is 25.5. The number of hydrogen-bond donors (Lipinski definition) is 2. The van der Waals surface area contributed by atoms with Crippen molar-refractivity contribution in [2.24, 2.45) is 0 Å². The molecule has 0 bridgehead atoms. The van der Waals surface area contributed by atoms with E-state index in [1.807, 2.05) is 6.92 Å². The van der Waals surface area contributed by atoms with Gasteiger partial charge in [0.25, 0.3) is 5.91 Å². The highest BCUT2D eigenvalue weighted by Crippen LogP contribution is 2.30. The number of anilines is 1. The molecule has 0 fully saturated rings. The molecule has 0 aliphatic carbocycles. The number of rotatable bonds is 5. The standard InChI is InChI=1S/C15H16N2O4/c1-3-21-12-6-5-11(8-13(12)20-2)17-15(19)10-4-7-14(18)16-9-10/h4-9H,3H2,1-2H3,(H,16,18)(H,17,19). The molecule has 0 aliphatic heterocycles. The molecule has 0 spiro atoms. The van der Waals surface area contributed by atoms with Gasteiger partial charge in [-0.05, 0) is 25.1 Å². The molecule has 1 heterocycles. The van der Waals surface area contributed by atoms with E-state index in [-0.39, 0.29) is 11.5 Å². The summed E-state index contributed by atoms with van der Waals surface area (Å²) < 4.78 is 10.6. The van der Waals surface area contributed by atoms with Crippen LogP contribution < -0.4 is 20.3 Å². The van der Waals surface area contributed by atoms with Gasteiger partial charge in [-0.15, -0.1) is 0 Å². The lowest BCUT2D eigenvalue weighted by molar-refractivity contribution is 0.102. The van der Waals surface area contributed by atoms with Crippen LogP contribution in [-0.4, -0.2) is 24.6 Å². The molecule has 0 saturated heterocycles. The number of methoxy groups -OCH3 is 1. The molecule has 0 aliphatic rings. The summed E-state index contributed by atoms with van der Waals surface area (Å²) in [6.45, 7) is 2.41. The van der Waals surface area contributed by atoms with Crippen LogP contribution in [0.15, 0.2) is 41.3 Å². The summed E-state index contributed by atoms with van der Waals surface area (Å²) in [5, 5.41) is 2.73. The molecule has 21 heavy (non-hydrogen) atoms. The van der Waals surface area contributed by atoms with E-state index in [2.05, 4.69) is 10.3 Å². The van der Waals surface area contributed by atoms with Gasteiger partial charge in [-0.3, -0.25) is 9.59 Å². The van der Waals surface area contributed by atoms with Gasteiger partial charge in [0.2, 0.25) is 5.56 Å². The third kappa shape index (κ3) is 3.62. The lowest BCUT2D eigenvalue weighted by atomic mass is 10.2. The Bertz CT molecular complexity index is 674. The van der Waals surface area contributed by atoms with Gasteiger partial charge in [-0.1, -0.05) is 0 Å². The van der Waals surface area contributed by atoms with Gasteiger partial charge in [0, 0.05) is 24.0 Å². The van der Waals surface area contributed by atoms with Crippen LogP contribution in [-0.2, 0) is 0 Å². The summed E-state index contributed by atoms with van der Waals surface area (Å²) in [5.41, 5.74) is 0.684. The first kappa shape index (κ1) is 14.6. The first-order valence-corrected chi connectivity index (χ1v) is 6.45. The number of pyridine rings is 1. The highest BCUT2D eigenvalue weighted by Gasteiger charge is 2.09. The Morgan fingerprint density at radius 1 is 1.24 bits per heavy atom.